The van der Waals surface area contributed by atoms with Crippen molar-refractivity contribution in [2.24, 2.45) is 5.92 Å². The van der Waals surface area contributed by atoms with Crippen LogP contribution in [0.2, 0.25) is 15.9 Å². The summed E-state index contributed by atoms with van der Waals surface area (Å²) < 4.78 is 16.4. The van der Waals surface area contributed by atoms with E-state index in [-0.39, 0.29) is 41.7 Å². The number of amides is 1. The Morgan fingerprint density at radius 3 is 2.53 bits per heavy atom. The van der Waals surface area contributed by atoms with E-state index in [2.05, 4.69) is 5.32 Å². The van der Waals surface area contributed by atoms with Gasteiger partial charge in [0.05, 0.1) is 23.6 Å². The third kappa shape index (κ3) is 8.93. The molecule has 1 fully saturated rings. The van der Waals surface area contributed by atoms with Crippen LogP contribution in [0.25, 0.3) is 0 Å². The first kappa shape index (κ1) is 28.1. The zero-order chi connectivity index (χ0) is 25.6. The summed E-state index contributed by atoms with van der Waals surface area (Å²) in [6.45, 7) is 8.80. The summed E-state index contributed by atoms with van der Waals surface area (Å²) >= 11 is 11.9. The Bertz CT molecular complexity index is 932. The lowest BCUT2D eigenvalue weighted by atomic mass is 9.64. The minimum atomic E-state index is -1.11. The van der Waals surface area contributed by atoms with Crippen molar-refractivity contribution in [3.8, 4) is 0 Å². The summed E-state index contributed by atoms with van der Waals surface area (Å²) in [5, 5.41) is 3.09. The average Bonchev–Trinajstić information content (AvgIpc) is 2.71. The number of carbonyl (C=O) groups excluding carboxylic acids is 4. The Labute approximate surface area is 210 Å². The van der Waals surface area contributed by atoms with Crippen LogP contribution in [0.3, 0.4) is 0 Å². The van der Waals surface area contributed by atoms with Gasteiger partial charge in [-0.2, -0.15) is 0 Å². The van der Waals surface area contributed by atoms with Crippen LogP contribution in [0.15, 0.2) is 18.2 Å². The average molecular weight is 514 g/mol. The van der Waals surface area contributed by atoms with Gasteiger partial charge in [-0.25, -0.2) is 4.79 Å². The van der Waals surface area contributed by atoms with Crippen LogP contribution < -0.4 is 5.32 Å². The molecule has 186 valence electrons. The number of hydrogen-bond acceptors (Lipinski definition) is 7. The highest BCUT2D eigenvalue weighted by Gasteiger charge is 2.45. The number of esters is 1. The first-order valence-corrected chi connectivity index (χ1v) is 11.8. The fraction of sp³-hybridized carbons (Fsp3) is 0.565. The standard InChI is InChI=1S/C23H30BCl2NO7/c1-13(2)8-14(24-33-19(11-20(29)34-24)22(31)32-23(3,4)5)9-16(28)12-27-21(30)17-10-15(25)6-7-18(17)26/h6-7,10,13-14,19H,8-9,11-12H2,1-5H3,(H,27,30)/t14-,19+/m1/s1. The summed E-state index contributed by atoms with van der Waals surface area (Å²) in [5.41, 5.74) is -0.584. The van der Waals surface area contributed by atoms with Crippen molar-refractivity contribution in [3.05, 3.63) is 33.8 Å². The summed E-state index contributed by atoms with van der Waals surface area (Å²) in [6.07, 6.45) is -0.899. The SMILES string of the molecule is CC(C)C[C@H](CC(=O)CNC(=O)c1cc(Cl)ccc1Cl)B1OC(=O)C[C@@H](C(=O)OC(C)(C)C)O1. The highest BCUT2D eigenvalue weighted by Crippen LogP contribution is 2.31. The predicted molar refractivity (Wildman–Crippen MR) is 129 cm³/mol. The highest BCUT2D eigenvalue weighted by atomic mass is 35.5. The van der Waals surface area contributed by atoms with Crippen molar-refractivity contribution < 1.29 is 33.2 Å². The molecule has 1 N–H and O–H groups in total. The van der Waals surface area contributed by atoms with Crippen LogP contribution in [-0.4, -0.2) is 49.0 Å². The van der Waals surface area contributed by atoms with Crippen molar-refractivity contribution in [1.29, 1.82) is 0 Å². The first-order chi connectivity index (χ1) is 15.7. The molecule has 11 heteroatoms. The van der Waals surface area contributed by atoms with Crippen LogP contribution in [0, 0.1) is 5.92 Å². The van der Waals surface area contributed by atoms with E-state index >= 15 is 0 Å². The summed E-state index contributed by atoms with van der Waals surface area (Å²) in [6, 6.07) is 4.46. The predicted octanol–water partition coefficient (Wildman–Crippen LogP) is 4.26. The Kier molecular flexibility index (Phi) is 9.97. The minimum absolute atomic E-state index is 0.0271. The second-order valence-corrected chi connectivity index (χ2v) is 10.5. The quantitative estimate of drug-likeness (QED) is 0.388. The van der Waals surface area contributed by atoms with Gasteiger partial charge in [0.1, 0.15) is 5.60 Å². The maximum atomic E-state index is 12.7. The van der Waals surface area contributed by atoms with Crippen molar-refractivity contribution in [2.75, 3.05) is 6.54 Å². The Hall–Kier alpha value is -2.10. The number of ether oxygens (including phenoxy) is 1. The molecule has 8 nitrogen and oxygen atoms in total. The highest BCUT2D eigenvalue weighted by molar-refractivity contribution is 6.50. The zero-order valence-electron chi connectivity index (χ0n) is 20.0. The second-order valence-electron chi connectivity index (χ2n) is 9.66. The van der Waals surface area contributed by atoms with E-state index in [0.29, 0.717) is 11.4 Å². The third-order valence-electron chi connectivity index (χ3n) is 4.84. The van der Waals surface area contributed by atoms with E-state index in [1.807, 2.05) is 13.8 Å². The van der Waals surface area contributed by atoms with Gasteiger partial charge in [0, 0.05) is 17.3 Å². The molecule has 2 rings (SSSR count). The molecule has 1 saturated heterocycles. The van der Waals surface area contributed by atoms with Crippen LogP contribution in [0.5, 0.6) is 0 Å². The smallest absolute Gasteiger partial charge is 0.509 e. The van der Waals surface area contributed by atoms with Gasteiger partial charge in [0.15, 0.2) is 11.9 Å². The maximum absolute atomic E-state index is 12.7. The van der Waals surface area contributed by atoms with E-state index < -0.39 is 42.5 Å². The molecule has 2 atom stereocenters. The Morgan fingerprint density at radius 1 is 1.24 bits per heavy atom. The van der Waals surface area contributed by atoms with E-state index in [0.717, 1.165) is 0 Å². The van der Waals surface area contributed by atoms with E-state index in [1.165, 1.54) is 12.1 Å². The lowest BCUT2D eigenvalue weighted by Gasteiger charge is -2.32. The maximum Gasteiger partial charge on any atom is 0.531 e. The normalized spacial score (nSPS) is 17.2. The third-order valence-corrected chi connectivity index (χ3v) is 5.40. The van der Waals surface area contributed by atoms with Crippen LogP contribution >= 0.6 is 23.2 Å². The minimum Gasteiger partial charge on any atom is -0.509 e. The molecule has 1 aliphatic heterocycles. The number of rotatable bonds is 9. The van der Waals surface area contributed by atoms with Gasteiger partial charge in [-0.1, -0.05) is 37.0 Å². The van der Waals surface area contributed by atoms with Gasteiger partial charge in [-0.05, 0) is 51.3 Å². The number of halogens is 2. The largest absolute Gasteiger partial charge is 0.531 e. The number of hydrogen-bond donors (Lipinski definition) is 1. The van der Waals surface area contributed by atoms with Gasteiger partial charge in [0.2, 0.25) is 0 Å². The molecule has 1 amide bonds. The van der Waals surface area contributed by atoms with Crippen molar-refractivity contribution in [2.45, 2.75) is 71.4 Å². The molecule has 1 heterocycles. The van der Waals surface area contributed by atoms with Crippen molar-refractivity contribution in [3.63, 3.8) is 0 Å². The topological polar surface area (TPSA) is 108 Å². The molecule has 0 spiro atoms. The fourth-order valence-corrected chi connectivity index (χ4v) is 3.86. The lowest BCUT2D eigenvalue weighted by Crippen LogP contribution is -2.47. The Morgan fingerprint density at radius 2 is 1.91 bits per heavy atom. The van der Waals surface area contributed by atoms with Gasteiger partial charge < -0.3 is 19.4 Å². The number of ketones is 1. The summed E-state index contributed by atoms with van der Waals surface area (Å²) in [5.74, 6) is -2.44. The molecule has 0 radical (unpaired) electrons. The van der Waals surface area contributed by atoms with Gasteiger partial charge in [-0.15, -0.1) is 0 Å². The first-order valence-electron chi connectivity index (χ1n) is 11.1. The van der Waals surface area contributed by atoms with Crippen LogP contribution in [0.4, 0.5) is 0 Å². The van der Waals surface area contributed by atoms with Gasteiger partial charge in [0.25, 0.3) is 11.9 Å². The molecule has 0 aliphatic carbocycles. The molecule has 0 unspecified atom stereocenters. The van der Waals surface area contributed by atoms with E-state index in [9.17, 15) is 19.2 Å². The van der Waals surface area contributed by atoms with E-state index in [4.69, 9.17) is 37.2 Å². The van der Waals surface area contributed by atoms with Gasteiger partial charge >= 0.3 is 13.1 Å². The zero-order valence-corrected chi connectivity index (χ0v) is 21.5. The molecule has 1 aromatic carbocycles. The van der Waals surface area contributed by atoms with Crippen LogP contribution in [-0.2, 0) is 28.4 Å². The molecule has 1 aromatic rings. The van der Waals surface area contributed by atoms with Crippen LogP contribution in [0.1, 0.15) is 64.2 Å². The Balaban J connectivity index is 2.04. The number of benzene rings is 1. The number of nitrogens with one attached hydrogen (secondary N) is 1. The molecule has 1 aliphatic rings. The summed E-state index contributed by atoms with van der Waals surface area (Å²) in [7, 11) is -1.08. The molecule has 0 saturated carbocycles. The van der Waals surface area contributed by atoms with Gasteiger partial charge in [-0.3, -0.25) is 14.4 Å². The number of Topliss-reactive ketones (excluding diaryl/α,β-unsaturated/α-hetero) is 1. The molecule has 34 heavy (non-hydrogen) atoms. The molecular formula is C23H30BCl2NO7. The number of carbonyl (C=O) groups is 4. The molecule has 0 aromatic heterocycles. The summed E-state index contributed by atoms with van der Waals surface area (Å²) in [4.78, 5) is 49.7. The van der Waals surface area contributed by atoms with E-state index in [1.54, 1.807) is 26.8 Å². The van der Waals surface area contributed by atoms with Crippen molar-refractivity contribution >= 4 is 53.9 Å². The fourth-order valence-electron chi connectivity index (χ4n) is 3.49. The lowest BCUT2D eigenvalue weighted by molar-refractivity contribution is -0.171. The molecule has 0 bridgehead atoms. The molecular weight excluding hydrogens is 484 g/mol. The monoisotopic (exact) mass is 513 g/mol. The second kappa shape index (κ2) is 12.0. The van der Waals surface area contributed by atoms with Crippen molar-refractivity contribution in [1.82, 2.24) is 5.32 Å².